The van der Waals surface area contributed by atoms with Gasteiger partial charge in [0.1, 0.15) is 22.3 Å². The second kappa shape index (κ2) is 12.1. The Kier molecular flexibility index (Phi) is 6.79. The zero-order valence-corrected chi connectivity index (χ0v) is 30.6. The van der Waals surface area contributed by atoms with Crippen molar-refractivity contribution >= 4 is 43.9 Å². The molecular formula is C51H35N3O2. The Hall–Kier alpha value is -6.85. The number of aromatic nitrogens is 3. The van der Waals surface area contributed by atoms with E-state index in [0.29, 0.717) is 17.5 Å². The van der Waals surface area contributed by atoms with Gasteiger partial charge in [-0.2, -0.15) is 0 Å². The molecule has 0 N–H and O–H groups in total. The summed E-state index contributed by atoms with van der Waals surface area (Å²) in [4.78, 5) is 15.4. The Morgan fingerprint density at radius 1 is 0.375 bits per heavy atom. The van der Waals surface area contributed by atoms with Crippen molar-refractivity contribution < 1.29 is 8.83 Å². The van der Waals surface area contributed by atoms with Crippen LogP contribution in [0.1, 0.15) is 43.2 Å². The fourth-order valence-corrected chi connectivity index (χ4v) is 9.73. The quantitative estimate of drug-likeness (QED) is 0.181. The molecular weight excluding hydrogens is 687 g/mol. The first-order valence-corrected chi connectivity index (χ1v) is 19.6. The van der Waals surface area contributed by atoms with Gasteiger partial charge in [-0.25, -0.2) is 15.0 Å². The molecule has 7 aromatic carbocycles. The molecule has 5 heteroatoms. The van der Waals surface area contributed by atoms with Crippen molar-refractivity contribution in [1.82, 2.24) is 15.0 Å². The summed E-state index contributed by atoms with van der Waals surface area (Å²) in [6.07, 6.45) is 6.32. The summed E-state index contributed by atoms with van der Waals surface area (Å²) in [5.41, 5.74) is 14.5. The summed E-state index contributed by atoms with van der Waals surface area (Å²) in [7, 11) is 0. The van der Waals surface area contributed by atoms with Crippen LogP contribution in [0.3, 0.4) is 0 Å². The predicted octanol–water partition coefficient (Wildman–Crippen LogP) is 13.6. The minimum Gasteiger partial charge on any atom is -0.456 e. The van der Waals surface area contributed by atoms with Gasteiger partial charge in [0, 0.05) is 43.7 Å². The summed E-state index contributed by atoms with van der Waals surface area (Å²) in [6.45, 7) is 0. The molecule has 3 aromatic heterocycles. The van der Waals surface area contributed by atoms with Crippen LogP contribution in [0.2, 0.25) is 0 Å². The first kappa shape index (κ1) is 31.5. The number of rotatable bonds is 4. The van der Waals surface area contributed by atoms with Crippen LogP contribution in [-0.4, -0.2) is 15.0 Å². The van der Waals surface area contributed by atoms with Crippen LogP contribution in [-0.2, 0) is 5.41 Å². The molecule has 3 heterocycles. The van der Waals surface area contributed by atoms with Crippen LogP contribution in [0.5, 0.6) is 0 Å². The van der Waals surface area contributed by atoms with Gasteiger partial charge in [0.25, 0.3) is 0 Å². The Morgan fingerprint density at radius 3 is 1.50 bits per heavy atom. The number of nitrogens with zero attached hydrogens (tertiary/aromatic N) is 3. The molecule has 2 aliphatic carbocycles. The van der Waals surface area contributed by atoms with Crippen LogP contribution >= 0.6 is 0 Å². The molecule has 1 saturated carbocycles. The van der Waals surface area contributed by atoms with Crippen molar-refractivity contribution in [2.24, 2.45) is 0 Å². The zero-order chi connectivity index (χ0) is 36.8. The molecule has 0 unspecified atom stereocenters. The van der Waals surface area contributed by atoms with Crippen LogP contribution in [0.25, 0.3) is 100 Å². The van der Waals surface area contributed by atoms with E-state index >= 15 is 0 Å². The minimum atomic E-state index is 0.120. The number of fused-ring (bicyclic) bond motifs is 11. The summed E-state index contributed by atoms with van der Waals surface area (Å²) in [5.74, 6) is 1.83. The first-order valence-electron chi connectivity index (χ1n) is 19.6. The Bertz CT molecular complexity index is 3050. The second-order valence-electron chi connectivity index (χ2n) is 15.4. The largest absolute Gasteiger partial charge is 0.456 e. The Morgan fingerprint density at radius 2 is 0.857 bits per heavy atom. The van der Waals surface area contributed by atoms with E-state index in [-0.39, 0.29) is 5.41 Å². The number of hydrogen-bond donors (Lipinski definition) is 0. The van der Waals surface area contributed by atoms with Gasteiger partial charge in [0.2, 0.25) is 0 Å². The van der Waals surface area contributed by atoms with Crippen molar-refractivity contribution in [3.63, 3.8) is 0 Å². The monoisotopic (exact) mass is 721 g/mol. The van der Waals surface area contributed by atoms with E-state index in [1.807, 2.05) is 60.7 Å². The van der Waals surface area contributed by atoms with Gasteiger partial charge in [-0.3, -0.25) is 0 Å². The lowest BCUT2D eigenvalue weighted by molar-refractivity contribution is 0.353. The summed E-state index contributed by atoms with van der Waals surface area (Å²) in [5, 5.41) is 4.20. The van der Waals surface area contributed by atoms with E-state index in [4.69, 9.17) is 23.8 Å². The molecule has 0 radical (unpaired) electrons. The predicted molar refractivity (Wildman–Crippen MR) is 225 cm³/mol. The molecule has 0 bridgehead atoms. The Balaban J connectivity index is 1.00. The third-order valence-electron chi connectivity index (χ3n) is 12.4. The van der Waals surface area contributed by atoms with Crippen molar-refractivity contribution in [3.05, 3.63) is 163 Å². The highest BCUT2D eigenvalue weighted by molar-refractivity contribution is 6.07. The molecule has 5 nitrogen and oxygen atoms in total. The van der Waals surface area contributed by atoms with Crippen molar-refractivity contribution in [1.29, 1.82) is 0 Å². The molecule has 0 saturated heterocycles. The van der Waals surface area contributed by atoms with Gasteiger partial charge in [0.15, 0.2) is 17.5 Å². The van der Waals surface area contributed by atoms with E-state index in [0.717, 1.165) is 60.6 Å². The van der Waals surface area contributed by atoms with Gasteiger partial charge < -0.3 is 8.83 Å². The molecule has 0 aliphatic heterocycles. The fourth-order valence-electron chi connectivity index (χ4n) is 9.73. The second-order valence-corrected chi connectivity index (χ2v) is 15.4. The van der Waals surface area contributed by atoms with E-state index in [1.54, 1.807) is 0 Å². The normalized spacial score (nSPS) is 14.6. The lowest BCUT2D eigenvalue weighted by Gasteiger charge is -2.36. The molecule has 0 amide bonds. The van der Waals surface area contributed by atoms with Gasteiger partial charge in [0.05, 0.1) is 0 Å². The highest BCUT2D eigenvalue weighted by Crippen LogP contribution is 2.57. The Labute approximate surface area is 323 Å². The zero-order valence-electron chi connectivity index (χ0n) is 30.6. The number of benzene rings is 7. The first-order chi connectivity index (χ1) is 27.7. The molecule has 12 rings (SSSR count). The van der Waals surface area contributed by atoms with Gasteiger partial charge in [-0.15, -0.1) is 0 Å². The van der Waals surface area contributed by atoms with E-state index in [9.17, 15) is 0 Å². The fraction of sp³-hybridized carbons (Fsp3) is 0.118. The average Bonchev–Trinajstić information content (AvgIpc) is 3.92. The van der Waals surface area contributed by atoms with Crippen molar-refractivity contribution in [3.8, 4) is 56.4 Å². The molecule has 10 aromatic rings. The molecule has 266 valence electrons. The van der Waals surface area contributed by atoms with Crippen LogP contribution in [0.4, 0.5) is 0 Å². The summed E-state index contributed by atoms with van der Waals surface area (Å²) in [6, 6.07) is 53.5. The van der Waals surface area contributed by atoms with Gasteiger partial charge in [-0.1, -0.05) is 122 Å². The molecule has 1 spiro atoms. The van der Waals surface area contributed by atoms with Crippen molar-refractivity contribution in [2.75, 3.05) is 0 Å². The third kappa shape index (κ3) is 4.70. The standard InChI is InChI=1S/C51H35N3O2/c1-8-27-51(28-9-1)41-15-5-2-13-38(41)47-35(14-10-16-42(47)51)31-19-21-32(22-20-31)48-52-49(33-23-25-45-39(29-33)36-11-3-6-17-43(36)55-45)54-50(53-48)34-24-26-46-40(30-34)37-12-4-7-18-44(37)56-46/h2-7,10-26,29-30H,1,8-9,27-28H2. The molecule has 0 atom stereocenters. The minimum absolute atomic E-state index is 0.120. The molecule has 2 aliphatic rings. The molecule has 56 heavy (non-hydrogen) atoms. The van der Waals surface area contributed by atoms with E-state index in [1.165, 1.54) is 65.5 Å². The maximum Gasteiger partial charge on any atom is 0.164 e. The maximum absolute atomic E-state index is 6.16. The van der Waals surface area contributed by atoms with Crippen molar-refractivity contribution in [2.45, 2.75) is 37.5 Å². The number of hydrogen-bond acceptors (Lipinski definition) is 5. The SMILES string of the molecule is c1ccc2c(c1)-c1c(-c3ccc(-c4nc(-c5ccc6oc7ccccc7c6c5)nc(-c5ccc6oc7ccccc7c6c5)n4)cc3)cccc1C21CCCCC1. The van der Waals surface area contributed by atoms with E-state index in [2.05, 4.69) is 91.0 Å². The van der Waals surface area contributed by atoms with Crippen LogP contribution in [0, 0.1) is 0 Å². The third-order valence-corrected chi connectivity index (χ3v) is 12.4. The van der Waals surface area contributed by atoms with Crippen LogP contribution in [0.15, 0.2) is 160 Å². The van der Waals surface area contributed by atoms with Gasteiger partial charge >= 0.3 is 0 Å². The lowest BCUT2D eigenvalue weighted by Crippen LogP contribution is -2.27. The smallest absolute Gasteiger partial charge is 0.164 e. The molecule has 1 fully saturated rings. The highest BCUT2D eigenvalue weighted by atomic mass is 16.3. The lowest BCUT2D eigenvalue weighted by atomic mass is 9.68. The van der Waals surface area contributed by atoms with Crippen LogP contribution < -0.4 is 0 Å². The van der Waals surface area contributed by atoms with Gasteiger partial charge in [-0.05, 0) is 94.8 Å². The number of para-hydroxylation sites is 2. The number of furan rings is 2. The van der Waals surface area contributed by atoms with E-state index < -0.39 is 0 Å². The maximum atomic E-state index is 6.16. The summed E-state index contributed by atoms with van der Waals surface area (Å²) < 4.78 is 12.3. The summed E-state index contributed by atoms with van der Waals surface area (Å²) >= 11 is 0. The average molecular weight is 722 g/mol. The highest BCUT2D eigenvalue weighted by Gasteiger charge is 2.44. The topological polar surface area (TPSA) is 65.0 Å².